The second kappa shape index (κ2) is 3.85. The Bertz CT molecular complexity index is 180. The summed E-state index contributed by atoms with van der Waals surface area (Å²) in [5, 5.41) is 26.8. The predicted molar refractivity (Wildman–Crippen MR) is 43.3 cm³/mol. The fourth-order valence-electron chi connectivity index (χ4n) is 1.39. The molecule has 0 spiro atoms. The summed E-state index contributed by atoms with van der Waals surface area (Å²) in [6.45, 7) is 1.64. The molecule has 1 aliphatic heterocycles. The van der Waals surface area contributed by atoms with Crippen LogP contribution in [0.5, 0.6) is 0 Å². The molecule has 0 atom stereocenters. The molecule has 1 fully saturated rings. The number of aliphatic hydroxyl groups is 2. The van der Waals surface area contributed by atoms with E-state index in [4.69, 9.17) is 10.4 Å². The average molecular weight is 170 g/mol. The van der Waals surface area contributed by atoms with Crippen molar-refractivity contribution in [3.8, 4) is 6.07 Å². The van der Waals surface area contributed by atoms with Crippen LogP contribution in [0.4, 0.5) is 0 Å². The van der Waals surface area contributed by atoms with Gasteiger partial charge in [0.25, 0.3) is 0 Å². The largest absolute Gasteiger partial charge is 0.393 e. The number of piperidine rings is 1. The summed E-state index contributed by atoms with van der Waals surface area (Å²) in [6.07, 6.45) is 1.12. The van der Waals surface area contributed by atoms with E-state index in [1.165, 1.54) is 0 Å². The second-order valence-electron chi connectivity index (χ2n) is 3.32. The first-order valence-electron chi connectivity index (χ1n) is 4.13. The van der Waals surface area contributed by atoms with Gasteiger partial charge in [0.1, 0.15) is 0 Å². The molecule has 0 bridgehead atoms. The number of aliphatic hydroxyl groups excluding tert-OH is 1. The van der Waals surface area contributed by atoms with Crippen LogP contribution in [-0.4, -0.2) is 47.0 Å². The highest BCUT2D eigenvalue weighted by Crippen LogP contribution is 2.20. The molecule has 0 aromatic heterocycles. The Morgan fingerprint density at radius 2 is 2.00 bits per heavy atom. The molecule has 1 saturated heterocycles. The first-order valence-corrected chi connectivity index (χ1v) is 4.13. The zero-order valence-corrected chi connectivity index (χ0v) is 7.03. The van der Waals surface area contributed by atoms with Crippen LogP contribution in [0.15, 0.2) is 0 Å². The number of hydrogen-bond acceptors (Lipinski definition) is 4. The van der Waals surface area contributed by atoms with Crippen molar-refractivity contribution in [2.45, 2.75) is 18.4 Å². The topological polar surface area (TPSA) is 67.5 Å². The highest BCUT2D eigenvalue weighted by molar-refractivity contribution is 4.88. The zero-order valence-electron chi connectivity index (χ0n) is 7.03. The molecular weight excluding hydrogens is 156 g/mol. The summed E-state index contributed by atoms with van der Waals surface area (Å²) in [5.41, 5.74) is -0.897. The minimum atomic E-state index is -0.897. The van der Waals surface area contributed by atoms with E-state index in [2.05, 4.69) is 6.07 Å². The lowest BCUT2D eigenvalue weighted by Gasteiger charge is -2.35. The lowest BCUT2D eigenvalue weighted by Crippen LogP contribution is -2.46. The summed E-state index contributed by atoms with van der Waals surface area (Å²) >= 11 is 0. The van der Waals surface area contributed by atoms with E-state index in [0.29, 0.717) is 32.5 Å². The highest BCUT2D eigenvalue weighted by atomic mass is 16.3. The van der Waals surface area contributed by atoms with Crippen LogP contribution in [-0.2, 0) is 0 Å². The first kappa shape index (κ1) is 9.46. The van der Waals surface area contributed by atoms with Crippen molar-refractivity contribution in [1.29, 1.82) is 5.26 Å². The van der Waals surface area contributed by atoms with Crippen molar-refractivity contribution < 1.29 is 10.2 Å². The SMILES string of the molecule is N#CCN1CCC(O)(CO)CC1. The molecule has 0 aliphatic carbocycles. The van der Waals surface area contributed by atoms with Gasteiger partial charge < -0.3 is 10.2 Å². The van der Waals surface area contributed by atoms with Gasteiger partial charge in [0.15, 0.2) is 0 Å². The Labute approximate surface area is 72.0 Å². The minimum absolute atomic E-state index is 0.173. The number of likely N-dealkylation sites (tertiary alicyclic amines) is 1. The molecule has 0 saturated carbocycles. The van der Waals surface area contributed by atoms with Crippen LogP contribution >= 0.6 is 0 Å². The van der Waals surface area contributed by atoms with Crippen molar-refractivity contribution in [2.24, 2.45) is 0 Å². The fourth-order valence-corrected chi connectivity index (χ4v) is 1.39. The van der Waals surface area contributed by atoms with Gasteiger partial charge in [-0.2, -0.15) is 5.26 Å². The van der Waals surface area contributed by atoms with E-state index in [9.17, 15) is 5.11 Å². The number of hydrogen-bond donors (Lipinski definition) is 2. The van der Waals surface area contributed by atoms with Gasteiger partial charge in [0, 0.05) is 13.1 Å². The Kier molecular flexibility index (Phi) is 3.04. The van der Waals surface area contributed by atoms with Gasteiger partial charge in [-0.25, -0.2) is 0 Å². The monoisotopic (exact) mass is 170 g/mol. The molecule has 4 heteroatoms. The van der Waals surface area contributed by atoms with Crippen LogP contribution in [0.3, 0.4) is 0 Å². The van der Waals surface area contributed by atoms with Crippen LogP contribution < -0.4 is 0 Å². The van der Waals surface area contributed by atoms with Gasteiger partial charge in [-0.1, -0.05) is 0 Å². The third-order valence-electron chi connectivity index (χ3n) is 2.38. The molecule has 0 amide bonds. The van der Waals surface area contributed by atoms with Gasteiger partial charge in [0.2, 0.25) is 0 Å². The Morgan fingerprint density at radius 3 is 2.42 bits per heavy atom. The number of nitrogens with zero attached hydrogens (tertiary/aromatic N) is 2. The van der Waals surface area contributed by atoms with E-state index in [1.54, 1.807) is 0 Å². The Balaban J connectivity index is 2.35. The molecule has 68 valence electrons. The molecule has 0 aromatic carbocycles. The van der Waals surface area contributed by atoms with Gasteiger partial charge in [-0.05, 0) is 12.8 Å². The van der Waals surface area contributed by atoms with Crippen LogP contribution in [0.25, 0.3) is 0 Å². The van der Waals surface area contributed by atoms with E-state index < -0.39 is 5.60 Å². The maximum absolute atomic E-state index is 9.61. The molecule has 0 unspecified atom stereocenters. The normalized spacial score (nSPS) is 23.4. The summed E-state index contributed by atoms with van der Waals surface area (Å²) in [6, 6.07) is 2.06. The van der Waals surface area contributed by atoms with Gasteiger partial charge in [-0.3, -0.25) is 4.90 Å². The maximum atomic E-state index is 9.61. The van der Waals surface area contributed by atoms with Gasteiger partial charge >= 0.3 is 0 Å². The summed E-state index contributed by atoms with van der Waals surface area (Å²) in [5.74, 6) is 0. The lowest BCUT2D eigenvalue weighted by molar-refractivity contribution is -0.0574. The molecule has 2 N–H and O–H groups in total. The molecule has 0 aromatic rings. The molecular formula is C8H14N2O2. The molecule has 1 aliphatic rings. The first-order chi connectivity index (χ1) is 5.70. The minimum Gasteiger partial charge on any atom is -0.393 e. The Hall–Kier alpha value is -0.630. The molecule has 12 heavy (non-hydrogen) atoms. The van der Waals surface area contributed by atoms with E-state index in [0.717, 1.165) is 0 Å². The smallest absolute Gasteiger partial charge is 0.0901 e. The van der Waals surface area contributed by atoms with Gasteiger partial charge in [-0.15, -0.1) is 0 Å². The Morgan fingerprint density at radius 1 is 1.42 bits per heavy atom. The fraction of sp³-hybridized carbons (Fsp3) is 0.875. The van der Waals surface area contributed by atoms with Crippen molar-refractivity contribution in [3.05, 3.63) is 0 Å². The van der Waals surface area contributed by atoms with Gasteiger partial charge in [0.05, 0.1) is 24.8 Å². The summed E-state index contributed by atoms with van der Waals surface area (Å²) in [4.78, 5) is 1.98. The molecule has 4 nitrogen and oxygen atoms in total. The maximum Gasteiger partial charge on any atom is 0.0901 e. The lowest BCUT2D eigenvalue weighted by atomic mass is 9.92. The zero-order chi connectivity index (χ0) is 9.03. The predicted octanol–water partition coefficient (Wildman–Crippen LogP) is -0.671. The van der Waals surface area contributed by atoms with E-state index >= 15 is 0 Å². The van der Waals surface area contributed by atoms with Crippen molar-refractivity contribution in [1.82, 2.24) is 4.90 Å². The quantitative estimate of drug-likeness (QED) is 0.539. The summed E-state index contributed by atoms with van der Waals surface area (Å²) < 4.78 is 0. The van der Waals surface area contributed by atoms with Crippen LogP contribution in [0, 0.1) is 11.3 Å². The standard InChI is InChI=1S/C8H14N2O2/c9-3-6-10-4-1-8(12,7-11)2-5-10/h11-12H,1-2,4-7H2. The van der Waals surface area contributed by atoms with Crippen molar-refractivity contribution >= 4 is 0 Å². The molecule has 0 radical (unpaired) electrons. The van der Waals surface area contributed by atoms with Crippen LogP contribution in [0.1, 0.15) is 12.8 Å². The second-order valence-corrected chi connectivity index (χ2v) is 3.32. The van der Waals surface area contributed by atoms with Crippen molar-refractivity contribution in [3.63, 3.8) is 0 Å². The van der Waals surface area contributed by atoms with E-state index in [1.807, 2.05) is 4.90 Å². The van der Waals surface area contributed by atoms with Crippen molar-refractivity contribution in [2.75, 3.05) is 26.2 Å². The highest BCUT2D eigenvalue weighted by Gasteiger charge is 2.30. The van der Waals surface area contributed by atoms with E-state index in [-0.39, 0.29) is 6.61 Å². The number of nitriles is 1. The molecule has 1 heterocycles. The average Bonchev–Trinajstić information content (AvgIpc) is 2.10. The third kappa shape index (κ3) is 2.18. The molecule has 1 rings (SSSR count). The third-order valence-corrected chi connectivity index (χ3v) is 2.38. The van der Waals surface area contributed by atoms with Crippen LogP contribution in [0.2, 0.25) is 0 Å². The summed E-state index contributed by atoms with van der Waals surface area (Å²) in [7, 11) is 0. The number of rotatable bonds is 2.